The summed E-state index contributed by atoms with van der Waals surface area (Å²) < 4.78 is 13.7. The maximum atomic E-state index is 6.96. The lowest BCUT2D eigenvalue weighted by Gasteiger charge is -2.14. The van der Waals surface area contributed by atoms with Crippen LogP contribution in [0.5, 0.6) is 0 Å². The maximum Gasteiger partial charge on any atom is 0.160 e. The molecule has 0 aliphatic rings. The summed E-state index contributed by atoms with van der Waals surface area (Å²) in [6.45, 7) is 0. The minimum Gasteiger partial charge on any atom is -0.455 e. The van der Waals surface area contributed by atoms with Crippen LogP contribution in [-0.2, 0) is 0 Å². The van der Waals surface area contributed by atoms with E-state index < -0.39 is 0 Å². The Bertz CT molecular complexity index is 7720. The van der Waals surface area contributed by atoms with E-state index >= 15 is 0 Å². The lowest BCUT2D eigenvalue weighted by atomic mass is 9.91. The number of para-hydroxylation sites is 4. The molecule has 8 heteroatoms. The number of furan rings is 2. The van der Waals surface area contributed by atoms with Crippen LogP contribution in [0.4, 0.5) is 0 Å². The highest BCUT2D eigenvalue weighted by atomic mass is 16.3. The molecule has 8 nitrogen and oxygen atoms in total. The van der Waals surface area contributed by atoms with Gasteiger partial charge in [-0.1, -0.05) is 352 Å². The number of benzene rings is 17. The van der Waals surface area contributed by atoms with Crippen LogP contribution in [0.3, 0.4) is 0 Å². The predicted molar refractivity (Wildman–Crippen MR) is 479 cm³/mol. The SMILES string of the molecule is c1ccc(-c2cc(-c3ccc(-c4cccc5c4oc4ccc6c(-c7cccc8ccccc78)nc7ccccc7c6c45)c4ccccc34)nc(-c3ccccc3)n2)cc1.c1ccc(-c2ccc(-c3cc(-c4ccc(-c5cccc6c5oc5ccc7c(-c8ccccc8)nc8ccccc8c7c56)cc4)nc(-c4ccccc4)n3)cc2)cc1. The Morgan fingerprint density at radius 1 is 0.172 bits per heavy atom. The fourth-order valence-corrected chi connectivity index (χ4v) is 17.1. The first-order chi connectivity index (χ1) is 57.5. The third-order valence-corrected chi connectivity index (χ3v) is 22.6. The minimum absolute atomic E-state index is 0.691. The van der Waals surface area contributed by atoms with Crippen molar-refractivity contribution in [2.24, 2.45) is 0 Å². The van der Waals surface area contributed by atoms with Gasteiger partial charge in [0.15, 0.2) is 11.6 Å². The molecule has 116 heavy (non-hydrogen) atoms. The molecule has 0 radical (unpaired) electrons. The van der Waals surface area contributed by atoms with Gasteiger partial charge < -0.3 is 8.83 Å². The summed E-state index contributed by atoms with van der Waals surface area (Å²) in [6, 6.07) is 140. The number of fused-ring (bicyclic) bond motifs is 16. The molecule has 6 heterocycles. The first-order valence-electron chi connectivity index (χ1n) is 39.1. The Kier molecular flexibility index (Phi) is 16.4. The van der Waals surface area contributed by atoms with Crippen LogP contribution in [0.25, 0.3) is 232 Å². The summed E-state index contributed by atoms with van der Waals surface area (Å²) in [4.78, 5) is 30.9. The van der Waals surface area contributed by atoms with Gasteiger partial charge in [-0.2, -0.15) is 0 Å². The molecule has 0 atom stereocenters. The van der Waals surface area contributed by atoms with E-state index in [2.05, 4.69) is 334 Å². The van der Waals surface area contributed by atoms with Crippen LogP contribution in [0.2, 0.25) is 0 Å². The van der Waals surface area contributed by atoms with Crippen molar-refractivity contribution in [1.29, 1.82) is 0 Å². The van der Waals surface area contributed by atoms with E-state index in [1.807, 2.05) is 66.7 Å². The standard InChI is InChI=1S/C55H33N3O.C53H33N3O/c1-3-16-35(17-4-1)48-33-49(58-55(57-48)36-18-5-2-6-19-36)41-30-29-40(38-22-9-10-23-39(38)41)43-26-14-27-46-52-50(59-54(43)46)32-31-45-51(52)44-24-11-12-28-47(44)56-53(45)42-25-13-20-34-15-7-8-21-37(34)42;1-4-13-34(14-5-1)35-23-27-37(28-24-35)46-33-47(56-53(55-46)40-17-8-3-9-18-40)38-29-25-36(26-30-38)41-20-12-21-44-50-48(57-52(41)44)32-31-43-49(50)42-19-10-11-22-45(42)54-51(43)39-15-6-2-7-16-39/h1-33H;1-33H. The average Bonchev–Trinajstić information content (AvgIpc) is 1.58. The summed E-state index contributed by atoms with van der Waals surface area (Å²) in [5.74, 6) is 1.39. The molecule has 17 aromatic carbocycles. The average molecular weight is 1480 g/mol. The van der Waals surface area contributed by atoms with Gasteiger partial charge in [0, 0.05) is 109 Å². The Hall–Kier alpha value is -15.6. The zero-order valence-electron chi connectivity index (χ0n) is 62.6. The van der Waals surface area contributed by atoms with Crippen LogP contribution in [0.15, 0.2) is 409 Å². The van der Waals surface area contributed by atoms with Gasteiger partial charge in [-0.3, -0.25) is 0 Å². The third-order valence-electron chi connectivity index (χ3n) is 22.6. The molecule has 0 saturated heterocycles. The van der Waals surface area contributed by atoms with Gasteiger partial charge in [-0.05, 0) is 92.3 Å². The first-order valence-corrected chi connectivity index (χ1v) is 39.1. The fourth-order valence-electron chi connectivity index (χ4n) is 17.1. The van der Waals surface area contributed by atoms with E-state index in [9.17, 15) is 0 Å². The van der Waals surface area contributed by atoms with Gasteiger partial charge >= 0.3 is 0 Å². The molecule has 0 spiro atoms. The second-order valence-electron chi connectivity index (χ2n) is 29.4. The van der Waals surface area contributed by atoms with Crippen LogP contribution in [0.1, 0.15) is 0 Å². The van der Waals surface area contributed by atoms with Crippen molar-refractivity contribution in [3.63, 3.8) is 0 Å². The minimum atomic E-state index is 0.691. The van der Waals surface area contributed by atoms with E-state index in [0.717, 1.165) is 199 Å². The van der Waals surface area contributed by atoms with E-state index in [-0.39, 0.29) is 0 Å². The molecule has 0 unspecified atom stereocenters. The van der Waals surface area contributed by atoms with Crippen LogP contribution < -0.4 is 0 Å². The zero-order chi connectivity index (χ0) is 76.6. The number of rotatable bonds is 11. The summed E-state index contributed by atoms with van der Waals surface area (Å²) >= 11 is 0. The van der Waals surface area contributed by atoms with E-state index in [1.54, 1.807) is 0 Å². The molecule has 0 N–H and O–H groups in total. The van der Waals surface area contributed by atoms with Crippen LogP contribution >= 0.6 is 0 Å². The van der Waals surface area contributed by atoms with E-state index in [0.29, 0.717) is 11.6 Å². The van der Waals surface area contributed by atoms with Crippen molar-refractivity contribution in [2.45, 2.75) is 0 Å². The zero-order valence-corrected chi connectivity index (χ0v) is 62.6. The van der Waals surface area contributed by atoms with Crippen LogP contribution in [0, 0.1) is 0 Å². The largest absolute Gasteiger partial charge is 0.455 e. The van der Waals surface area contributed by atoms with Crippen molar-refractivity contribution in [3.05, 3.63) is 400 Å². The number of hydrogen-bond acceptors (Lipinski definition) is 8. The number of pyridine rings is 2. The molecular weight excluding hydrogens is 1410 g/mol. The quantitative estimate of drug-likeness (QED) is 0.118. The Labute approximate surface area is 667 Å². The molecule has 0 saturated carbocycles. The monoisotopic (exact) mass is 1480 g/mol. The second-order valence-corrected chi connectivity index (χ2v) is 29.4. The van der Waals surface area contributed by atoms with Crippen LogP contribution in [-0.4, -0.2) is 29.9 Å². The normalized spacial score (nSPS) is 11.6. The topological polar surface area (TPSA) is 104 Å². The van der Waals surface area contributed by atoms with Gasteiger partial charge in [0.2, 0.25) is 0 Å². The molecule has 23 rings (SSSR count). The summed E-state index contributed by atoms with van der Waals surface area (Å²) in [6.07, 6.45) is 0. The van der Waals surface area contributed by atoms with Crippen molar-refractivity contribution in [2.75, 3.05) is 0 Å². The molecule has 23 aromatic rings. The van der Waals surface area contributed by atoms with Gasteiger partial charge in [0.25, 0.3) is 0 Å². The van der Waals surface area contributed by atoms with E-state index in [4.69, 9.17) is 38.7 Å². The Morgan fingerprint density at radius 3 is 1.10 bits per heavy atom. The smallest absolute Gasteiger partial charge is 0.160 e. The van der Waals surface area contributed by atoms with Gasteiger partial charge in [0.05, 0.1) is 45.2 Å². The van der Waals surface area contributed by atoms with Crippen molar-refractivity contribution < 1.29 is 8.83 Å². The van der Waals surface area contributed by atoms with Gasteiger partial charge in [-0.25, -0.2) is 29.9 Å². The Morgan fingerprint density at radius 2 is 0.534 bits per heavy atom. The van der Waals surface area contributed by atoms with E-state index in [1.165, 1.54) is 21.9 Å². The predicted octanol–water partition coefficient (Wildman–Crippen LogP) is 28.8. The summed E-state index contributed by atoms with van der Waals surface area (Å²) in [5, 5.41) is 15.7. The molecule has 0 aliphatic carbocycles. The molecule has 0 aliphatic heterocycles. The molecular formula is C108H66N6O2. The molecule has 0 fully saturated rings. The molecule has 0 amide bonds. The summed E-state index contributed by atoms with van der Waals surface area (Å²) in [7, 11) is 0. The fraction of sp³-hybridized carbons (Fsp3) is 0. The number of nitrogens with zero attached hydrogens (tertiary/aromatic N) is 6. The van der Waals surface area contributed by atoms with Gasteiger partial charge in [0.1, 0.15) is 22.3 Å². The highest BCUT2D eigenvalue weighted by molar-refractivity contribution is 6.31. The molecule has 0 bridgehead atoms. The highest BCUT2D eigenvalue weighted by Crippen LogP contribution is 2.48. The van der Waals surface area contributed by atoms with Crippen molar-refractivity contribution in [3.8, 4) is 124 Å². The highest BCUT2D eigenvalue weighted by Gasteiger charge is 2.25. The lowest BCUT2D eigenvalue weighted by molar-refractivity contribution is 0.670. The summed E-state index contributed by atoms with van der Waals surface area (Å²) in [5.41, 5.74) is 25.7. The number of hydrogen-bond donors (Lipinski definition) is 0. The number of aromatic nitrogens is 6. The molecule has 540 valence electrons. The molecule has 6 aromatic heterocycles. The first kappa shape index (κ1) is 67.3. The lowest BCUT2D eigenvalue weighted by Crippen LogP contribution is -1.96. The second kappa shape index (κ2) is 28.3. The van der Waals surface area contributed by atoms with Crippen molar-refractivity contribution >= 4 is 109 Å². The van der Waals surface area contributed by atoms with Crippen molar-refractivity contribution in [1.82, 2.24) is 29.9 Å². The third kappa shape index (κ3) is 11.8. The van der Waals surface area contributed by atoms with Gasteiger partial charge in [-0.15, -0.1) is 0 Å². The maximum absolute atomic E-state index is 6.96. The Balaban J connectivity index is 0.000000141.